The van der Waals surface area contributed by atoms with Crippen LogP contribution in [0.25, 0.3) is 0 Å². The van der Waals surface area contributed by atoms with Gasteiger partial charge in [0.05, 0.1) is 43.8 Å². The Labute approximate surface area is 176 Å². The average Bonchev–Trinajstić information content (AvgIpc) is 3.18. The van der Waals surface area contributed by atoms with Crippen LogP contribution in [-0.2, 0) is 17.9 Å². The van der Waals surface area contributed by atoms with E-state index >= 15 is 0 Å². The Balaban J connectivity index is 1.55. The number of halogens is 2. The number of anilines is 1. The first-order valence-electron chi connectivity index (χ1n) is 9.02. The number of methoxy groups -OCH3 is 2. The van der Waals surface area contributed by atoms with Gasteiger partial charge in [0.2, 0.25) is 0 Å². The van der Waals surface area contributed by atoms with Gasteiger partial charge in [0.25, 0.3) is 5.91 Å². The molecule has 2 heterocycles. The maximum Gasteiger partial charge on any atom is 0.278 e. The van der Waals surface area contributed by atoms with Gasteiger partial charge in [-0.05, 0) is 17.7 Å². The number of carbonyl (C=O) groups is 1. The van der Waals surface area contributed by atoms with Crippen molar-refractivity contribution in [1.82, 2.24) is 15.0 Å². The van der Waals surface area contributed by atoms with Crippen LogP contribution in [0, 0.1) is 5.82 Å². The molecule has 0 saturated carbocycles. The monoisotopic (exact) mass is 432 g/mol. The van der Waals surface area contributed by atoms with Crippen molar-refractivity contribution in [3.05, 3.63) is 64.2 Å². The van der Waals surface area contributed by atoms with Gasteiger partial charge in [-0.25, -0.2) is 9.07 Å². The summed E-state index contributed by atoms with van der Waals surface area (Å²) in [5, 5.41) is 11.2. The Hall–Kier alpha value is -3.17. The lowest BCUT2D eigenvalue weighted by Gasteiger charge is -2.24. The largest absolute Gasteiger partial charge is 0.495 e. The lowest BCUT2D eigenvalue weighted by Crippen LogP contribution is -2.24. The third kappa shape index (κ3) is 3.81. The lowest BCUT2D eigenvalue weighted by atomic mass is 10.1. The van der Waals surface area contributed by atoms with E-state index in [0.29, 0.717) is 34.4 Å². The zero-order valence-electron chi connectivity index (χ0n) is 16.2. The highest BCUT2D eigenvalue weighted by atomic mass is 35.5. The number of hydrogen-bond donors (Lipinski definition) is 1. The summed E-state index contributed by atoms with van der Waals surface area (Å²) in [4.78, 5) is 12.8. The molecule has 4 rings (SSSR count). The number of nitrogens with zero attached hydrogens (tertiary/aromatic N) is 3. The van der Waals surface area contributed by atoms with Crippen LogP contribution in [-0.4, -0.2) is 35.1 Å². The van der Waals surface area contributed by atoms with Crippen LogP contribution >= 0.6 is 11.6 Å². The van der Waals surface area contributed by atoms with E-state index in [-0.39, 0.29) is 24.2 Å². The van der Waals surface area contributed by atoms with Crippen LogP contribution in [0.1, 0.15) is 27.8 Å². The molecule has 30 heavy (non-hydrogen) atoms. The minimum absolute atomic E-state index is 0.138. The first-order chi connectivity index (χ1) is 14.5. The van der Waals surface area contributed by atoms with Gasteiger partial charge in [-0.1, -0.05) is 28.9 Å². The molecule has 10 heteroatoms. The molecule has 1 aliphatic heterocycles. The van der Waals surface area contributed by atoms with Crippen LogP contribution in [0.15, 0.2) is 36.4 Å². The third-order valence-corrected chi connectivity index (χ3v) is 5.07. The van der Waals surface area contributed by atoms with E-state index in [2.05, 4.69) is 15.6 Å². The summed E-state index contributed by atoms with van der Waals surface area (Å²) in [7, 11) is 2.95. The van der Waals surface area contributed by atoms with Crippen molar-refractivity contribution >= 4 is 23.2 Å². The molecule has 1 aromatic heterocycles. The van der Waals surface area contributed by atoms with Gasteiger partial charge in [-0.15, -0.1) is 5.10 Å². The summed E-state index contributed by atoms with van der Waals surface area (Å²) in [6, 6.07) is 9.19. The third-order valence-electron chi connectivity index (χ3n) is 4.78. The highest BCUT2D eigenvalue weighted by Gasteiger charge is 2.28. The average molecular weight is 433 g/mol. The second kappa shape index (κ2) is 8.29. The molecular formula is C20H18ClFN4O4. The maximum atomic E-state index is 13.2. The van der Waals surface area contributed by atoms with E-state index < -0.39 is 5.91 Å². The summed E-state index contributed by atoms with van der Waals surface area (Å²) >= 11 is 6.10. The molecule has 156 valence electrons. The predicted octanol–water partition coefficient (Wildman–Crippen LogP) is 3.61. The number of benzene rings is 2. The molecule has 0 bridgehead atoms. The molecule has 1 atom stereocenters. The highest BCUT2D eigenvalue weighted by Crippen LogP contribution is 2.36. The fourth-order valence-corrected chi connectivity index (χ4v) is 3.44. The zero-order chi connectivity index (χ0) is 21.3. The molecule has 1 aliphatic rings. The normalized spacial score (nSPS) is 15.4. The van der Waals surface area contributed by atoms with Gasteiger partial charge in [-0.2, -0.15) is 0 Å². The molecule has 1 unspecified atom stereocenters. The van der Waals surface area contributed by atoms with E-state index in [0.717, 1.165) is 5.56 Å². The van der Waals surface area contributed by atoms with Crippen LogP contribution in [0.3, 0.4) is 0 Å². The molecule has 1 amide bonds. The second-order valence-electron chi connectivity index (χ2n) is 6.56. The summed E-state index contributed by atoms with van der Waals surface area (Å²) < 4.78 is 31.1. The Bertz CT molecular complexity index is 1090. The summed E-state index contributed by atoms with van der Waals surface area (Å²) in [6.45, 7) is 0.498. The quantitative estimate of drug-likeness (QED) is 0.662. The minimum atomic E-state index is -0.470. The van der Waals surface area contributed by atoms with Gasteiger partial charge < -0.3 is 19.5 Å². The zero-order valence-corrected chi connectivity index (χ0v) is 16.9. The first kappa shape index (κ1) is 20.1. The highest BCUT2D eigenvalue weighted by molar-refractivity contribution is 6.32. The number of aromatic nitrogens is 3. The number of amides is 1. The predicted molar refractivity (Wildman–Crippen MR) is 106 cm³/mol. The molecule has 8 nitrogen and oxygen atoms in total. The van der Waals surface area contributed by atoms with Gasteiger partial charge in [0, 0.05) is 12.1 Å². The van der Waals surface area contributed by atoms with Crippen molar-refractivity contribution in [2.75, 3.05) is 19.5 Å². The number of hydrogen-bond acceptors (Lipinski definition) is 6. The smallest absolute Gasteiger partial charge is 0.278 e. The van der Waals surface area contributed by atoms with E-state index in [4.69, 9.17) is 25.8 Å². The van der Waals surface area contributed by atoms with Crippen LogP contribution in [0.4, 0.5) is 10.1 Å². The van der Waals surface area contributed by atoms with E-state index in [1.807, 2.05) is 0 Å². The summed E-state index contributed by atoms with van der Waals surface area (Å²) in [6.07, 6.45) is -0.309. The van der Waals surface area contributed by atoms with Crippen LogP contribution < -0.4 is 14.8 Å². The molecule has 0 aliphatic carbocycles. The molecular weight excluding hydrogens is 415 g/mol. The molecule has 3 aromatic rings. The SMILES string of the molecule is COc1cc(NC(=O)c2nnn3c2COC(c2ccc(F)cc2)C3)c(OC)cc1Cl. The molecule has 0 spiro atoms. The van der Waals surface area contributed by atoms with Crippen molar-refractivity contribution in [2.24, 2.45) is 0 Å². The van der Waals surface area contributed by atoms with Gasteiger partial charge in [0.1, 0.15) is 23.4 Å². The molecule has 2 aromatic carbocycles. The maximum absolute atomic E-state index is 13.2. The van der Waals surface area contributed by atoms with E-state index in [9.17, 15) is 9.18 Å². The Kier molecular flexibility index (Phi) is 5.56. The molecule has 0 fully saturated rings. The standard InChI is InChI=1S/C20H18ClFN4O4/c1-28-16-8-14(17(29-2)7-13(16)21)23-20(27)19-15-10-30-18(9-26(15)25-24-19)11-3-5-12(22)6-4-11/h3-8,18H,9-10H2,1-2H3,(H,23,27). The molecule has 0 radical (unpaired) electrons. The first-order valence-corrected chi connectivity index (χ1v) is 9.40. The molecule has 1 N–H and O–H groups in total. The number of nitrogens with one attached hydrogen (secondary N) is 1. The lowest BCUT2D eigenvalue weighted by molar-refractivity contribution is -0.00174. The van der Waals surface area contributed by atoms with E-state index in [1.165, 1.54) is 26.4 Å². The minimum Gasteiger partial charge on any atom is -0.495 e. The summed E-state index contributed by atoms with van der Waals surface area (Å²) in [5.41, 5.74) is 1.89. The van der Waals surface area contributed by atoms with Crippen LogP contribution in [0.5, 0.6) is 11.5 Å². The van der Waals surface area contributed by atoms with Crippen molar-refractivity contribution in [2.45, 2.75) is 19.3 Å². The van der Waals surface area contributed by atoms with Gasteiger partial charge in [-0.3, -0.25) is 4.79 Å². The number of fused-ring (bicyclic) bond motifs is 1. The van der Waals surface area contributed by atoms with Gasteiger partial charge >= 0.3 is 0 Å². The number of rotatable bonds is 5. The number of carbonyl (C=O) groups excluding carboxylic acids is 1. The Morgan fingerprint density at radius 3 is 2.67 bits per heavy atom. The Morgan fingerprint density at radius 2 is 1.97 bits per heavy atom. The summed E-state index contributed by atoms with van der Waals surface area (Å²) in [5.74, 6) is -0.0157. The fourth-order valence-electron chi connectivity index (χ4n) is 3.21. The van der Waals surface area contributed by atoms with Crippen molar-refractivity contribution in [3.8, 4) is 11.5 Å². The topological polar surface area (TPSA) is 87.5 Å². The van der Waals surface area contributed by atoms with Gasteiger partial charge in [0.15, 0.2) is 5.69 Å². The second-order valence-corrected chi connectivity index (χ2v) is 6.97. The van der Waals surface area contributed by atoms with Crippen molar-refractivity contribution < 1.29 is 23.4 Å². The van der Waals surface area contributed by atoms with E-state index in [1.54, 1.807) is 28.9 Å². The van der Waals surface area contributed by atoms with Crippen molar-refractivity contribution in [3.63, 3.8) is 0 Å². The molecule has 0 saturated heterocycles. The van der Waals surface area contributed by atoms with Crippen LogP contribution in [0.2, 0.25) is 5.02 Å². The Morgan fingerprint density at radius 1 is 1.23 bits per heavy atom. The van der Waals surface area contributed by atoms with Crippen molar-refractivity contribution in [1.29, 1.82) is 0 Å². The fraction of sp³-hybridized carbons (Fsp3) is 0.250. The number of ether oxygens (including phenoxy) is 3.